The van der Waals surface area contributed by atoms with E-state index >= 15 is 0 Å². The number of hydrogen-bond acceptors (Lipinski definition) is 3. The summed E-state index contributed by atoms with van der Waals surface area (Å²) in [5.74, 6) is 0.619. The van der Waals surface area contributed by atoms with E-state index in [1.54, 1.807) is 11.3 Å². The SMILES string of the molecule is Cc1cccc2sc(NC(C)C(C)C)nc12. The highest BCUT2D eigenvalue weighted by Crippen LogP contribution is 2.28. The van der Waals surface area contributed by atoms with Gasteiger partial charge in [-0.1, -0.05) is 37.3 Å². The van der Waals surface area contributed by atoms with Crippen LogP contribution in [-0.4, -0.2) is 11.0 Å². The van der Waals surface area contributed by atoms with Gasteiger partial charge >= 0.3 is 0 Å². The van der Waals surface area contributed by atoms with Crippen LogP contribution in [0.2, 0.25) is 0 Å². The van der Waals surface area contributed by atoms with E-state index in [1.807, 2.05) is 0 Å². The number of nitrogens with one attached hydrogen (secondary N) is 1. The molecule has 0 aliphatic heterocycles. The molecule has 0 spiro atoms. The molecule has 0 aliphatic rings. The van der Waals surface area contributed by atoms with Crippen LogP contribution in [0.5, 0.6) is 0 Å². The number of benzene rings is 1. The van der Waals surface area contributed by atoms with E-state index in [-0.39, 0.29) is 0 Å². The number of anilines is 1. The second-order valence-corrected chi connectivity index (χ2v) is 5.65. The number of para-hydroxylation sites is 1. The molecule has 0 saturated carbocycles. The predicted molar refractivity (Wildman–Crippen MR) is 72.3 cm³/mol. The van der Waals surface area contributed by atoms with Crippen LogP contribution in [0.3, 0.4) is 0 Å². The van der Waals surface area contributed by atoms with Gasteiger partial charge in [0.1, 0.15) is 0 Å². The van der Waals surface area contributed by atoms with Gasteiger partial charge in [-0.15, -0.1) is 0 Å². The number of aryl methyl sites for hydroxylation is 1. The summed E-state index contributed by atoms with van der Waals surface area (Å²) in [5, 5.41) is 4.50. The van der Waals surface area contributed by atoms with E-state index in [9.17, 15) is 0 Å². The van der Waals surface area contributed by atoms with Crippen molar-refractivity contribution in [2.45, 2.75) is 33.7 Å². The molecule has 1 aromatic carbocycles. The Bertz CT molecular complexity index is 488. The number of fused-ring (bicyclic) bond motifs is 1. The molecule has 0 fully saturated rings. The maximum atomic E-state index is 4.64. The maximum Gasteiger partial charge on any atom is 0.184 e. The Balaban J connectivity index is 2.30. The molecule has 2 aromatic rings. The molecule has 0 saturated heterocycles. The molecule has 16 heavy (non-hydrogen) atoms. The molecule has 1 aromatic heterocycles. The molecule has 3 heteroatoms. The van der Waals surface area contributed by atoms with Crippen molar-refractivity contribution < 1.29 is 0 Å². The largest absolute Gasteiger partial charge is 0.359 e. The first-order valence-electron chi connectivity index (χ1n) is 5.70. The van der Waals surface area contributed by atoms with Gasteiger partial charge in [-0.25, -0.2) is 4.98 Å². The molecule has 2 nitrogen and oxygen atoms in total. The maximum absolute atomic E-state index is 4.64. The molecule has 2 rings (SSSR count). The number of thiazole rings is 1. The molecule has 0 aliphatic carbocycles. The summed E-state index contributed by atoms with van der Waals surface area (Å²) >= 11 is 1.73. The highest BCUT2D eigenvalue weighted by atomic mass is 32.1. The van der Waals surface area contributed by atoms with Gasteiger partial charge in [-0.3, -0.25) is 0 Å². The fourth-order valence-electron chi connectivity index (χ4n) is 1.51. The molecule has 86 valence electrons. The van der Waals surface area contributed by atoms with Crippen molar-refractivity contribution in [3.05, 3.63) is 23.8 Å². The summed E-state index contributed by atoms with van der Waals surface area (Å²) in [6, 6.07) is 6.79. The Hall–Kier alpha value is -1.09. The van der Waals surface area contributed by atoms with E-state index in [0.29, 0.717) is 12.0 Å². The van der Waals surface area contributed by atoms with Crippen LogP contribution < -0.4 is 5.32 Å². The minimum atomic E-state index is 0.459. The summed E-state index contributed by atoms with van der Waals surface area (Å²) in [7, 11) is 0. The lowest BCUT2D eigenvalue weighted by Gasteiger charge is -2.16. The molecule has 0 amide bonds. The van der Waals surface area contributed by atoms with Gasteiger partial charge in [-0.2, -0.15) is 0 Å². The first kappa shape index (κ1) is 11.4. The third-order valence-corrected chi connectivity index (χ3v) is 3.92. The van der Waals surface area contributed by atoms with Gasteiger partial charge in [0.25, 0.3) is 0 Å². The molecule has 1 heterocycles. The second-order valence-electron chi connectivity index (χ2n) is 4.62. The average Bonchev–Trinajstić information content (AvgIpc) is 2.61. The van der Waals surface area contributed by atoms with Gasteiger partial charge in [0.2, 0.25) is 0 Å². The summed E-state index contributed by atoms with van der Waals surface area (Å²) in [6.45, 7) is 8.74. The van der Waals surface area contributed by atoms with Crippen LogP contribution in [0.1, 0.15) is 26.3 Å². The van der Waals surface area contributed by atoms with Crippen LogP contribution in [0.4, 0.5) is 5.13 Å². The molecule has 0 bridgehead atoms. The van der Waals surface area contributed by atoms with Gasteiger partial charge in [0.05, 0.1) is 10.2 Å². The molecular formula is C13H18N2S. The van der Waals surface area contributed by atoms with Crippen LogP contribution in [0.25, 0.3) is 10.2 Å². The number of hydrogen-bond donors (Lipinski definition) is 1. The molecule has 1 N–H and O–H groups in total. The Morgan fingerprint density at radius 3 is 2.62 bits per heavy atom. The Kier molecular flexibility index (Phi) is 3.15. The van der Waals surface area contributed by atoms with Crippen molar-refractivity contribution in [1.82, 2.24) is 4.98 Å². The Labute approximate surface area is 101 Å². The topological polar surface area (TPSA) is 24.9 Å². The predicted octanol–water partition coefficient (Wildman–Crippen LogP) is 4.06. The monoisotopic (exact) mass is 234 g/mol. The summed E-state index contributed by atoms with van der Waals surface area (Å²) in [4.78, 5) is 4.64. The average molecular weight is 234 g/mol. The van der Waals surface area contributed by atoms with Crippen molar-refractivity contribution in [2.75, 3.05) is 5.32 Å². The zero-order chi connectivity index (χ0) is 11.7. The van der Waals surface area contributed by atoms with E-state index in [4.69, 9.17) is 0 Å². The summed E-state index contributed by atoms with van der Waals surface area (Å²) < 4.78 is 1.26. The van der Waals surface area contributed by atoms with Crippen LogP contribution in [-0.2, 0) is 0 Å². The number of nitrogens with zero attached hydrogens (tertiary/aromatic N) is 1. The molecule has 1 atom stereocenters. The highest BCUT2D eigenvalue weighted by Gasteiger charge is 2.10. The van der Waals surface area contributed by atoms with Crippen molar-refractivity contribution in [3.63, 3.8) is 0 Å². The van der Waals surface area contributed by atoms with E-state index < -0.39 is 0 Å². The standard InChI is InChI=1S/C13H18N2S/c1-8(2)10(4)14-13-15-12-9(3)6-5-7-11(12)16-13/h5-8,10H,1-4H3,(H,14,15). The van der Waals surface area contributed by atoms with Crippen molar-refractivity contribution in [1.29, 1.82) is 0 Å². The molecule has 1 unspecified atom stereocenters. The van der Waals surface area contributed by atoms with Crippen molar-refractivity contribution in [3.8, 4) is 0 Å². The fourth-order valence-corrected chi connectivity index (χ4v) is 2.55. The minimum absolute atomic E-state index is 0.459. The Morgan fingerprint density at radius 1 is 1.25 bits per heavy atom. The number of rotatable bonds is 3. The van der Waals surface area contributed by atoms with Crippen LogP contribution in [0.15, 0.2) is 18.2 Å². The zero-order valence-electron chi connectivity index (χ0n) is 10.2. The first-order chi connectivity index (χ1) is 7.58. The minimum Gasteiger partial charge on any atom is -0.359 e. The fraction of sp³-hybridized carbons (Fsp3) is 0.462. The normalized spacial score (nSPS) is 13.3. The Morgan fingerprint density at radius 2 is 2.00 bits per heavy atom. The third-order valence-electron chi connectivity index (χ3n) is 2.97. The van der Waals surface area contributed by atoms with Crippen LogP contribution in [0, 0.1) is 12.8 Å². The van der Waals surface area contributed by atoms with E-state index in [2.05, 4.69) is 56.2 Å². The smallest absolute Gasteiger partial charge is 0.184 e. The lowest BCUT2D eigenvalue weighted by Crippen LogP contribution is -2.21. The van der Waals surface area contributed by atoms with Crippen molar-refractivity contribution in [2.24, 2.45) is 5.92 Å². The number of aromatic nitrogens is 1. The lowest BCUT2D eigenvalue weighted by molar-refractivity contribution is 0.560. The zero-order valence-corrected chi connectivity index (χ0v) is 11.1. The van der Waals surface area contributed by atoms with Gasteiger partial charge in [-0.05, 0) is 31.4 Å². The summed E-state index contributed by atoms with van der Waals surface area (Å²) in [6.07, 6.45) is 0. The molecule has 0 radical (unpaired) electrons. The van der Waals surface area contributed by atoms with E-state index in [1.165, 1.54) is 10.3 Å². The van der Waals surface area contributed by atoms with Crippen molar-refractivity contribution >= 4 is 26.7 Å². The van der Waals surface area contributed by atoms with Gasteiger partial charge in [0, 0.05) is 6.04 Å². The summed E-state index contributed by atoms with van der Waals surface area (Å²) in [5.41, 5.74) is 2.38. The quantitative estimate of drug-likeness (QED) is 0.866. The van der Waals surface area contributed by atoms with E-state index in [0.717, 1.165) is 10.6 Å². The second kappa shape index (κ2) is 4.42. The first-order valence-corrected chi connectivity index (χ1v) is 6.52. The van der Waals surface area contributed by atoms with Gasteiger partial charge in [0.15, 0.2) is 5.13 Å². The molecular weight excluding hydrogens is 216 g/mol. The van der Waals surface area contributed by atoms with Gasteiger partial charge < -0.3 is 5.32 Å². The lowest BCUT2D eigenvalue weighted by atomic mass is 10.1. The third kappa shape index (κ3) is 2.19. The highest BCUT2D eigenvalue weighted by molar-refractivity contribution is 7.22. The van der Waals surface area contributed by atoms with Crippen LogP contribution >= 0.6 is 11.3 Å².